The van der Waals surface area contributed by atoms with E-state index < -0.39 is 0 Å². The molecule has 0 unspecified atom stereocenters. The number of hydrogen-bond donors (Lipinski definition) is 2. The van der Waals surface area contributed by atoms with Crippen molar-refractivity contribution in [2.45, 2.75) is 12.8 Å². The summed E-state index contributed by atoms with van der Waals surface area (Å²) in [6, 6.07) is 13.3. The Bertz CT molecular complexity index is 1020. The van der Waals surface area contributed by atoms with Gasteiger partial charge < -0.3 is 24.6 Å². The van der Waals surface area contributed by atoms with E-state index in [1.807, 2.05) is 30.3 Å². The van der Waals surface area contributed by atoms with Crippen LogP contribution >= 0.6 is 11.6 Å². The second-order valence-electron chi connectivity index (χ2n) is 6.64. The number of hydrogen-bond acceptors (Lipinski definition) is 6. The van der Waals surface area contributed by atoms with E-state index in [-0.39, 0.29) is 0 Å². The Kier molecular flexibility index (Phi) is 8.12. The number of halogens is 1. The van der Waals surface area contributed by atoms with Gasteiger partial charge in [-0.2, -0.15) is 4.98 Å². The number of ether oxygens (including phenoxy) is 2. The Balaban J connectivity index is 1.44. The number of methoxy groups -OCH3 is 2. The van der Waals surface area contributed by atoms with Crippen LogP contribution in [0.1, 0.15) is 11.5 Å². The molecule has 0 aliphatic rings. The molecular weight excluding hydrogens is 418 g/mol. The van der Waals surface area contributed by atoms with Crippen molar-refractivity contribution in [1.29, 1.82) is 0 Å². The largest absolute Gasteiger partial charge is 0.493 e. The first-order chi connectivity index (χ1) is 15.1. The molecule has 8 nitrogen and oxygen atoms in total. The van der Waals surface area contributed by atoms with Gasteiger partial charge in [0.1, 0.15) is 0 Å². The third kappa shape index (κ3) is 6.36. The molecule has 2 aromatic carbocycles. The minimum atomic E-state index is 0.523. The standard InChI is InChI=1S/C22H26ClN5O3/c1-24-22(25-11-9-15-7-8-18(29-2)19(13-15)30-3)26-12-10-20-27-21(28-31-20)16-5-4-6-17(23)14-16/h4-8,13-14H,9-12H2,1-3H3,(H2,24,25,26). The highest BCUT2D eigenvalue weighted by molar-refractivity contribution is 6.30. The van der Waals surface area contributed by atoms with Crippen LogP contribution in [0.15, 0.2) is 52.0 Å². The quantitative estimate of drug-likeness (QED) is 0.387. The number of guanidine groups is 1. The number of aromatic nitrogens is 2. The maximum atomic E-state index is 6.02. The molecule has 2 N–H and O–H groups in total. The second-order valence-corrected chi connectivity index (χ2v) is 7.07. The van der Waals surface area contributed by atoms with Crippen molar-refractivity contribution in [3.8, 4) is 22.9 Å². The van der Waals surface area contributed by atoms with Crippen LogP contribution in [0.3, 0.4) is 0 Å². The minimum Gasteiger partial charge on any atom is -0.493 e. The summed E-state index contributed by atoms with van der Waals surface area (Å²) in [5.74, 6) is 3.21. The zero-order valence-corrected chi connectivity index (χ0v) is 18.6. The SMILES string of the molecule is CN=C(NCCc1ccc(OC)c(OC)c1)NCCc1nc(-c2cccc(Cl)c2)no1. The monoisotopic (exact) mass is 443 g/mol. The summed E-state index contributed by atoms with van der Waals surface area (Å²) in [6.07, 6.45) is 1.39. The minimum absolute atomic E-state index is 0.523. The zero-order chi connectivity index (χ0) is 22.1. The van der Waals surface area contributed by atoms with Crippen molar-refractivity contribution < 1.29 is 14.0 Å². The molecule has 0 aliphatic carbocycles. The lowest BCUT2D eigenvalue weighted by molar-refractivity contribution is 0.354. The van der Waals surface area contributed by atoms with Crippen molar-refractivity contribution in [2.24, 2.45) is 4.99 Å². The Morgan fingerprint density at radius 2 is 1.81 bits per heavy atom. The normalized spacial score (nSPS) is 11.3. The Hall–Kier alpha value is -3.26. The van der Waals surface area contributed by atoms with Crippen molar-refractivity contribution in [1.82, 2.24) is 20.8 Å². The molecule has 0 fully saturated rings. The molecule has 0 spiro atoms. The number of nitrogens with zero attached hydrogens (tertiary/aromatic N) is 3. The van der Waals surface area contributed by atoms with Crippen molar-refractivity contribution in [2.75, 3.05) is 34.4 Å². The fourth-order valence-electron chi connectivity index (χ4n) is 2.97. The first-order valence-electron chi connectivity index (χ1n) is 9.87. The van der Waals surface area contributed by atoms with E-state index in [0.717, 1.165) is 29.0 Å². The molecule has 0 aliphatic heterocycles. The van der Waals surface area contributed by atoms with Gasteiger partial charge >= 0.3 is 0 Å². The molecule has 31 heavy (non-hydrogen) atoms. The number of rotatable bonds is 9. The van der Waals surface area contributed by atoms with Gasteiger partial charge in [-0.25, -0.2) is 0 Å². The van der Waals surface area contributed by atoms with Gasteiger partial charge in [-0.05, 0) is 36.2 Å². The summed E-state index contributed by atoms with van der Waals surface area (Å²) < 4.78 is 15.9. The molecule has 9 heteroatoms. The van der Waals surface area contributed by atoms with E-state index in [1.54, 1.807) is 33.4 Å². The van der Waals surface area contributed by atoms with Gasteiger partial charge in [0.15, 0.2) is 17.5 Å². The Labute approximate surface area is 186 Å². The molecule has 0 bridgehead atoms. The summed E-state index contributed by atoms with van der Waals surface area (Å²) in [7, 11) is 4.99. The number of benzene rings is 2. The highest BCUT2D eigenvalue weighted by Gasteiger charge is 2.09. The molecule has 3 aromatic rings. The van der Waals surface area contributed by atoms with Crippen molar-refractivity contribution in [3.63, 3.8) is 0 Å². The summed E-state index contributed by atoms with van der Waals surface area (Å²) in [5.41, 5.74) is 1.96. The van der Waals surface area contributed by atoms with E-state index in [2.05, 4.69) is 25.8 Å². The van der Waals surface area contributed by atoms with Crippen LogP contribution in [-0.2, 0) is 12.8 Å². The van der Waals surface area contributed by atoms with E-state index in [9.17, 15) is 0 Å². The molecule has 1 aromatic heterocycles. The van der Waals surface area contributed by atoms with Gasteiger partial charge in [0, 0.05) is 37.1 Å². The third-order valence-electron chi connectivity index (χ3n) is 4.56. The van der Waals surface area contributed by atoms with Gasteiger partial charge in [0.25, 0.3) is 0 Å². The van der Waals surface area contributed by atoms with Gasteiger partial charge in [-0.3, -0.25) is 4.99 Å². The van der Waals surface area contributed by atoms with Crippen LogP contribution in [0, 0.1) is 0 Å². The highest BCUT2D eigenvalue weighted by Crippen LogP contribution is 2.27. The lowest BCUT2D eigenvalue weighted by atomic mass is 10.1. The Morgan fingerprint density at radius 3 is 2.52 bits per heavy atom. The maximum Gasteiger partial charge on any atom is 0.228 e. The lowest BCUT2D eigenvalue weighted by Gasteiger charge is -2.12. The molecule has 0 atom stereocenters. The van der Waals surface area contributed by atoms with Gasteiger partial charge in [0.05, 0.1) is 14.2 Å². The first kappa shape index (κ1) is 22.4. The van der Waals surface area contributed by atoms with Crippen LogP contribution in [0.25, 0.3) is 11.4 Å². The van der Waals surface area contributed by atoms with Gasteiger partial charge in [-0.1, -0.05) is 35.0 Å². The summed E-state index contributed by atoms with van der Waals surface area (Å²) >= 11 is 6.02. The van der Waals surface area contributed by atoms with E-state index in [0.29, 0.717) is 42.2 Å². The van der Waals surface area contributed by atoms with E-state index in [4.69, 9.17) is 25.6 Å². The molecule has 0 amide bonds. The molecule has 0 radical (unpaired) electrons. The maximum absolute atomic E-state index is 6.02. The zero-order valence-electron chi connectivity index (χ0n) is 17.8. The molecule has 0 saturated carbocycles. The topological polar surface area (TPSA) is 93.8 Å². The van der Waals surface area contributed by atoms with Crippen LogP contribution in [0.4, 0.5) is 0 Å². The van der Waals surface area contributed by atoms with Crippen LogP contribution in [0.2, 0.25) is 5.02 Å². The first-order valence-corrected chi connectivity index (χ1v) is 10.2. The number of aliphatic imine (C=N–C) groups is 1. The fourth-order valence-corrected chi connectivity index (χ4v) is 3.16. The van der Waals surface area contributed by atoms with Crippen molar-refractivity contribution in [3.05, 3.63) is 58.9 Å². The highest BCUT2D eigenvalue weighted by atomic mass is 35.5. The lowest BCUT2D eigenvalue weighted by Crippen LogP contribution is -2.39. The van der Waals surface area contributed by atoms with Crippen LogP contribution in [-0.4, -0.2) is 50.5 Å². The average molecular weight is 444 g/mol. The number of nitrogens with one attached hydrogen (secondary N) is 2. The predicted molar refractivity (Wildman–Crippen MR) is 121 cm³/mol. The molecule has 3 rings (SSSR count). The summed E-state index contributed by atoms with van der Waals surface area (Å²) in [4.78, 5) is 8.66. The van der Waals surface area contributed by atoms with E-state index >= 15 is 0 Å². The smallest absolute Gasteiger partial charge is 0.228 e. The summed E-state index contributed by atoms with van der Waals surface area (Å²) in [6.45, 7) is 1.32. The van der Waals surface area contributed by atoms with Crippen LogP contribution in [0.5, 0.6) is 11.5 Å². The average Bonchev–Trinajstić information content (AvgIpc) is 3.27. The molecular formula is C22H26ClN5O3. The molecule has 1 heterocycles. The molecule has 0 saturated heterocycles. The third-order valence-corrected chi connectivity index (χ3v) is 4.79. The van der Waals surface area contributed by atoms with Crippen molar-refractivity contribution >= 4 is 17.6 Å². The van der Waals surface area contributed by atoms with Crippen LogP contribution < -0.4 is 20.1 Å². The predicted octanol–water partition coefficient (Wildman–Crippen LogP) is 3.36. The van der Waals surface area contributed by atoms with E-state index in [1.165, 1.54) is 0 Å². The fraction of sp³-hybridized carbons (Fsp3) is 0.318. The van der Waals surface area contributed by atoms with Gasteiger partial charge in [0.2, 0.25) is 11.7 Å². The summed E-state index contributed by atoms with van der Waals surface area (Å²) in [5, 5.41) is 11.2. The van der Waals surface area contributed by atoms with Gasteiger partial charge in [-0.15, -0.1) is 0 Å². The Morgan fingerprint density at radius 1 is 1.03 bits per heavy atom. The molecule has 164 valence electrons. The second kappa shape index (κ2) is 11.2.